The van der Waals surface area contributed by atoms with Crippen molar-refractivity contribution in [2.45, 2.75) is 12.5 Å². The Labute approximate surface area is 140 Å². The minimum absolute atomic E-state index is 0.106. The highest BCUT2D eigenvalue weighted by molar-refractivity contribution is 5.95. The lowest BCUT2D eigenvalue weighted by Gasteiger charge is -2.35. The molecule has 0 saturated heterocycles. The number of nitrogens with zero attached hydrogens (tertiary/aromatic N) is 2. The number of benzene rings is 1. The van der Waals surface area contributed by atoms with Gasteiger partial charge in [-0.2, -0.15) is 0 Å². The van der Waals surface area contributed by atoms with Gasteiger partial charge in [0.1, 0.15) is 18.9 Å². The molecule has 2 N–H and O–H groups in total. The number of ether oxygens (including phenoxy) is 1. The largest absolute Gasteiger partial charge is 0.489 e. The van der Waals surface area contributed by atoms with Gasteiger partial charge in [0.2, 0.25) is 5.91 Å². The molecule has 2 amide bonds. The minimum Gasteiger partial charge on any atom is -0.489 e. The molecule has 0 aromatic heterocycles. The molecule has 24 heavy (non-hydrogen) atoms. The van der Waals surface area contributed by atoms with Gasteiger partial charge in [0.05, 0.1) is 18.2 Å². The Morgan fingerprint density at radius 1 is 1.38 bits per heavy atom. The maximum absolute atomic E-state index is 12.1. The Morgan fingerprint density at radius 2 is 2.08 bits per heavy atom. The fourth-order valence-corrected chi connectivity index (χ4v) is 2.46. The van der Waals surface area contributed by atoms with E-state index < -0.39 is 12.5 Å². The molecule has 0 radical (unpaired) electrons. The van der Waals surface area contributed by atoms with E-state index in [2.05, 4.69) is 5.32 Å². The highest BCUT2D eigenvalue weighted by atomic mass is 16.5. The third kappa shape index (κ3) is 3.95. The molecule has 0 spiro atoms. The van der Waals surface area contributed by atoms with E-state index in [1.165, 1.54) is 4.90 Å². The van der Waals surface area contributed by atoms with Crippen LogP contribution in [0, 0.1) is 0 Å². The van der Waals surface area contributed by atoms with E-state index >= 15 is 0 Å². The Morgan fingerprint density at radius 3 is 2.71 bits per heavy atom. The summed E-state index contributed by atoms with van der Waals surface area (Å²) in [5, 5.41) is 10.9. The predicted octanol–water partition coefficient (Wildman–Crippen LogP) is 0.177. The molecule has 0 saturated carbocycles. The van der Waals surface area contributed by atoms with Crippen molar-refractivity contribution >= 4 is 23.5 Å². The summed E-state index contributed by atoms with van der Waals surface area (Å²) in [5.41, 5.74) is 1.26. The van der Waals surface area contributed by atoms with Crippen LogP contribution in [-0.4, -0.2) is 68.1 Å². The second kappa shape index (κ2) is 7.20. The van der Waals surface area contributed by atoms with Gasteiger partial charge in [-0.05, 0) is 18.2 Å². The van der Waals surface area contributed by atoms with Crippen LogP contribution in [0.4, 0.5) is 5.69 Å². The summed E-state index contributed by atoms with van der Waals surface area (Å²) in [5.74, 6) is -0.918. The average Bonchev–Trinajstić information content (AvgIpc) is 2.54. The fourth-order valence-electron chi connectivity index (χ4n) is 2.46. The smallest absolute Gasteiger partial charge is 0.322 e. The molecule has 0 aliphatic carbocycles. The first-order chi connectivity index (χ1) is 11.3. The summed E-state index contributed by atoms with van der Waals surface area (Å²) in [6.07, 6.45) is 0.106. The number of anilines is 1. The lowest BCUT2D eigenvalue weighted by atomic mass is 10.1. The molecule has 0 bridgehead atoms. The first-order valence-corrected chi connectivity index (χ1v) is 7.49. The SMILES string of the molecule is CN(C)C(=O)c1ccc2c(c1)N(C)[C@@H](CC(=O)NCC(=O)O)CO2. The number of rotatable bonds is 5. The van der Waals surface area contributed by atoms with Crippen molar-refractivity contribution in [3.8, 4) is 5.75 Å². The second-order valence-electron chi connectivity index (χ2n) is 5.83. The number of likely N-dealkylation sites (N-methyl/N-ethyl adjacent to an activating group) is 1. The van der Waals surface area contributed by atoms with Gasteiger partial charge in [0, 0.05) is 26.7 Å². The van der Waals surface area contributed by atoms with E-state index in [0.717, 1.165) is 5.69 Å². The van der Waals surface area contributed by atoms with Crippen molar-refractivity contribution in [1.29, 1.82) is 0 Å². The molecule has 0 fully saturated rings. The van der Waals surface area contributed by atoms with Crippen LogP contribution in [0.3, 0.4) is 0 Å². The van der Waals surface area contributed by atoms with Crippen LogP contribution in [0.25, 0.3) is 0 Å². The molecule has 1 aliphatic rings. The van der Waals surface area contributed by atoms with E-state index in [1.54, 1.807) is 32.3 Å². The maximum atomic E-state index is 12.1. The van der Waals surface area contributed by atoms with Crippen LogP contribution in [-0.2, 0) is 9.59 Å². The monoisotopic (exact) mass is 335 g/mol. The molecule has 1 aliphatic heterocycles. The van der Waals surface area contributed by atoms with E-state index in [-0.39, 0.29) is 24.3 Å². The van der Waals surface area contributed by atoms with Crippen molar-refractivity contribution < 1.29 is 24.2 Å². The van der Waals surface area contributed by atoms with Gasteiger partial charge >= 0.3 is 5.97 Å². The number of fused-ring (bicyclic) bond motifs is 1. The molecule has 8 nitrogen and oxygen atoms in total. The van der Waals surface area contributed by atoms with Crippen LogP contribution < -0.4 is 15.0 Å². The number of aliphatic carboxylic acids is 1. The zero-order valence-electron chi connectivity index (χ0n) is 13.9. The number of carbonyl (C=O) groups is 3. The first-order valence-electron chi connectivity index (χ1n) is 7.49. The standard InChI is InChI=1S/C16H21N3O5/c1-18(2)16(23)10-4-5-13-12(6-10)19(3)11(9-24-13)7-14(20)17-8-15(21)22/h4-6,11H,7-9H2,1-3H3,(H,17,20)(H,21,22)/t11-/m0/s1. The number of amides is 2. The van der Waals surface area contributed by atoms with E-state index in [1.807, 2.05) is 11.9 Å². The normalized spacial score (nSPS) is 16.0. The number of carbonyl (C=O) groups excluding carboxylic acids is 2. The van der Waals surface area contributed by atoms with Crippen LogP contribution in [0.1, 0.15) is 16.8 Å². The molecule has 1 heterocycles. The van der Waals surface area contributed by atoms with E-state index in [4.69, 9.17) is 9.84 Å². The van der Waals surface area contributed by atoms with Crippen molar-refractivity contribution in [3.63, 3.8) is 0 Å². The third-order valence-electron chi connectivity index (χ3n) is 3.83. The van der Waals surface area contributed by atoms with E-state index in [0.29, 0.717) is 17.9 Å². The molecule has 8 heteroatoms. The van der Waals surface area contributed by atoms with Gasteiger partial charge in [-0.15, -0.1) is 0 Å². The molecule has 0 unspecified atom stereocenters. The second-order valence-corrected chi connectivity index (χ2v) is 5.83. The summed E-state index contributed by atoms with van der Waals surface area (Å²) in [6, 6.07) is 4.94. The van der Waals surface area contributed by atoms with Gasteiger partial charge < -0.3 is 25.0 Å². The van der Waals surface area contributed by atoms with Gasteiger partial charge in [-0.1, -0.05) is 0 Å². The molecule has 130 valence electrons. The number of hydrogen-bond acceptors (Lipinski definition) is 5. The summed E-state index contributed by atoms with van der Waals surface area (Å²) >= 11 is 0. The van der Waals surface area contributed by atoms with Crippen LogP contribution in [0.15, 0.2) is 18.2 Å². The molecular formula is C16H21N3O5. The third-order valence-corrected chi connectivity index (χ3v) is 3.83. The number of carboxylic acid groups (broad SMARTS) is 1. The van der Waals surface area contributed by atoms with Gasteiger partial charge in [0.25, 0.3) is 5.91 Å². The van der Waals surface area contributed by atoms with Crippen molar-refractivity contribution in [2.75, 3.05) is 39.2 Å². The first kappa shape index (κ1) is 17.6. The quantitative estimate of drug-likeness (QED) is 0.796. The summed E-state index contributed by atoms with van der Waals surface area (Å²) in [7, 11) is 5.18. The van der Waals surface area contributed by atoms with E-state index in [9.17, 15) is 14.4 Å². The molecule has 1 atom stereocenters. The highest BCUT2D eigenvalue weighted by Crippen LogP contribution is 2.34. The highest BCUT2D eigenvalue weighted by Gasteiger charge is 2.27. The number of carboxylic acids is 1. The summed E-state index contributed by atoms with van der Waals surface area (Å²) < 4.78 is 5.67. The van der Waals surface area contributed by atoms with Crippen molar-refractivity contribution in [1.82, 2.24) is 10.2 Å². The van der Waals surface area contributed by atoms with Gasteiger partial charge in [-0.25, -0.2) is 0 Å². The lowest BCUT2D eigenvalue weighted by molar-refractivity contribution is -0.138. The van der Waals surface area contributed by atoms with Gasteiger partial charge in [0.15, 0.2) is 0 Å². The molecule has 1 aromatic carbocycles. The predicted molar refractivity (Wildman–Crippen MR) is 87.4 cm³/mol. The van der Waals surface area contributed by atoms with Crippen molar-refractivity contribution in [2.24, 2.45) is 0 Å². The molecular weight excluding hydrogens is 314 g/mol. The number of nitrogens with one attached hydrogen (secondary N) is 1. The minimum atomic E-state index is -1.09. The Hall–Kier alpha value is -2.77. The summed E-state index contributed by atoms with van der Waals surface area (Å²) in [4.78, 5) is 37.8. The average molecular weight is 335 g/mol. The van der Waals surface area contributed by atoms with Crippen LogP contribution >= 0.6 is 0 Å². The Kier molecular flexibility index (Phi) is 5.28. The number of hydrogen-bond donors (Lipinski definition) is 2. The van der Waals surface area contributed by atoms with Crippen LogP contribution in [0.5, 0.6) is 5.75 Å². The zero-order valence-corrected chi connectivity index (χ0v) is 13.9. The van der Waals surface area contributed by atoms with Gasteiger partial charge in [-0.3, -0.25) is 14.4 Å². The van der Waals surface area contributed by atoms with Crippen molar-refractivity contribution in [3.05, 3.63) is 23.8 Å². The zero-order chi connectivity index (χ0) is 17.9. The molecule has 1 aromatic rings. The molecule has 2 rings (SSSR count). The summed E-state index contributed by atoms with van der Waals surface area (Å²) in [6.45, 7) is -0.0981. The Balaban J connectivity index is 2.12. The fraction of sp³-hybridized carbons (Fsp3) is 0.438. The topological polar surface area (TPSA) is 99.2 Å². The Bertz CT molecular complexity index is 659. The van der Waals surface area contributed by atoms with Crippen LogP contribution in [0.2, 0.25) is 0 Å². The lowest BCUT2D eigenvalue weighted by Crippen LogP contribution is -2.44. The maximum Gasteiger partial charge on any atom is 0.322 e.